The van der Waals surface area contributed by atoms with Gasteiger partial charge in [0.1, 0.15) is 11.4 Å². The molecule has 196 valence electrons. The number of carbonyl (C=O) groups excluding carboxylic acids is 2. The fourth-order valence-corrected chi connectivity index (χ4v) is 5.80. The third-order valence-corrected chi connectivity index (χ3v) is 8.13. The summed E-state index contributed by atoms with van der Waals surface area (Å²) >= 11 is 1.60. The lowest BCUT2D eigenvalue weighted by atomic mass is 9.83. The number of likely N-dealkylation sites (tertiary alicyclic amines) is 1. The quantitative estimate of drug-likeness (QED) is 0.384. The molecule has 0 atom stereocenters. The summed E-state index contributed by atoms with van der Waals surface area (Å²) < 4.78 is 13.6. The molecule has 0 spiro atoms. The molecule has 0 aliphatic carbocycles. The lowest BCUT2D eigenvalue weighted by Crippen LogP contribution is -2.64. The minimum absolute atomic E-state index is 0.00795. The number of hydrogen-bond donors (Lipinski definition) is 1. The summed E-state index contributed by atoms with van der Waals surface area (Å²) in [6, 6.07) is 20.9. The minimum atomic E-state index is -0.901. The molecule has 0 bridgehead atoms. The number of amides is 2. The van der Waals surface area contributed by atoms with Gasteiger partial charge in [-0.2, -0.15) is 0 Å². The van der Waals surface area contributed by atoms with E-state index in [1.54, 1.807) is 17.4 Å². The monoisotopic (exact) mass is 521 g/mol. The second-order valence-corrected chi connectivity index (χ2v) is 10.7. The molecule has 0 radical (unpaired) electrons. The van der Waals surface area contributed by atoms with Crippen molar-refractivity contribution in [2.75, 3.05) is 26.2 Å². The van der Waals surface area contributed by atoms with Gasteiger partial charge in [-0.1, -0.05) is 55.5 Å². The van der Waals surface area contributed by atoms with E-state index >= 15 is 0 Å². The van der Waals surface area contributed by atoms with Crippen molar-refractivity contribution in [3.05, 3.63) is 93.9 Å². The van der Waals surface area contributed by atoms with Gasteiger partial charge < -0.3 is 15.1 Å². The molecule has 2 heterocycles. The Morgan fingerprint density at radius 3 is 2.43 bits per heavy atom. The molecule has 0 saturated carbocycles. The largest absolute Gasteiger partial charge is 0.354 e. The molecule has 3 aromatic rings. The number of nitrogens with one attached hydrogen (secondary N) is 1. The SMILES string of the molecule is CCC(=O)N(Cc1cccs1)C1(C(=O)NCCc2cccc(F)c2)CCN(CCc2ccccc2)CC1. The highest BCUT2D eigenvalue weighted by atomic mass is 32.1. The van der Waals surface area contributed by atoms with E-state index in [9.17, 15) is 14.0 Å². The molecule has 1 saturated heterocycles. The van der Waals surface area contributed by atoms with Crippen LogP contribution in [0.15, 0.2) is 72.1 Å². The van der Waals surface area contributed by atoms with E-state index in [0.717, 1.165) is 36.5 Å². The van der Waals surface area contributed by atoms with Gasteiger partial charge in [-0.05, 0) is 60.4 Å². The van der Waals surface area contributed by atoms with Gasteiger partial charge in [-0.15, -0.1) is 11.3 Å². The molecule has 1 N–H and O–H groups in total. The fraction of sp³-hybridized carbons (Fsp3) is 0.400. The number of piperidine rings is 1. The van der Waals surface area contributed by atoms with E-state index in [-0.39, 0.29) is 17.6 Å². The van der Waals surface area contributed by atoms with Crippen LogP contribution in [-0.4, -0.2) is 53.3 Å². The highest BCUT2D eigenvalue weighted by Crippen LogP contribution is 2.33. The molecule has 5 nitrogen and oxygen atoms in total. The first kappa shape index (κ1) is 27.0. The van der Waals surface area contributed by atoms with E-state index < -0.39 is 5.54 Å². The van der Waals surface area contributed by atoms with Gasteiger partial charge in [-0.25, -0.2) is 4.39 Å². The number of rotatable bonds is 11. The first-order valence-electron chi connectivity index (χ1n) is 13.1. The molecular formula is C30H36FN3O2S. The highest BCUT2D eigenvalue weighted by molar-refractivity contribution is 7.09. The fourth-order valence-electron chi connectivity index (χ4n) is 5.10. The van der Waals surface area contributed by atoms with E-state index in [4.69, 9.17) is 0 Å². The molecule has 2 amide bonds. The molecule has 37 heavy (non-hydrogen) atoms. The van der Waals surface area contributed by atoms with Crippen LogP contribution in [0.5, 0.6) is 0 Å². The third-order valence-electron chi connectivity index (χ3n) is 7.27. The zero-order valence-corrected chi connectivity index (χ0v) is 22.3. The van der Waals surface area contributed by atoms with Crippen molar-refractivity contribution < 1.29 is 14.0 Å². The average molecular weight is 522 g/mol. The summed E-state index contributed by atoms with van der Waals surface area (Å²) in [4.78, 5) is 32.4. The maximum absolute atomic E-state index is 13.9. The predicted octanol–water partition coefficient (Wildman–Crippen LogP) is 5.06. The van der Waals surface area contributed by atoms with Crippen molar-refractivity contribution in [1.29, 1.82) is 0 Å². The van der Waals surface area contributed by atoms with Crippen molar-refractivity contribution in [3.63, 3.8) is 0 Å². The lowest BCUT2D eigenvalue weighted by Gasteiger charge is -2.47. The second-order valence-electron chi connectivity index (χ2n) is 9.66. The maximum atomic E-state index is 13.9. The van der Waals surface area contributed by atoms with Crippen LogP contribution < -0.4 is 5.32 Å². The Balaban J connectivity index is 1.48. The van der Waals surface area contributed by atoms with E-state index in [1.807, 2.05) is 41.5 Å². The standard InChI is InChI=1S/C30H36FN3O2S/c1-2-28(35)34(23-27-12-7-21-37-27)30(29(36)32-17-13-25-10-6-11-26(31)22-25)15-19-33(20-16-30)18-14-24-8-4-3-5-9-24/h3-12,21-22H,2,13-20,23H2,1H3,(H,32,36). The van der Waals surface area contributed by atoms with Crippen molar-refractivity contribution >= 4 is 23.2 Å². The molecule has 0 unspecified atom stereocenters. The van der Waals surface area contributed by atoms with Crippen LogP contribution >= 0.6 is 11.3 Å². The first-order chi connectivity index (χ1) is 18.0. The van der Waals surface area contributed by atoms with Crippen molar-refractivity contribution in [2.24, 2.45) is 0 Å². The summed E-state index contributed by atoms with van der Waals surface area (Å²) in [6.45, 7) is 5.12. The summed E-state index contributed by atoms with van der Waals surface area (Å²) in [5, 5.41) is 5.10. The van der Waals surface area contributed by atoms with Crippen LogP contribution in [-0.2, 0) is 29.0 Å². The molecule has 4 rings (SSSR count). The molecule has 1 aromatic heterocycles. The number of thiophene rings is 1. The average Bonchev–Trinajstić information content (AvgIpc) is 3.44. The third kappa shape index (κ3) is 7.05. The predicted molar refractivity (Wildman–Crippen MR) is 147 cm³/mol. The maximum Gasteiger partial charge on any atom is 0.246 e. The Bertz CT molecular complexity index is 1140. The Labute approximate surface area is 223 Å². The molecular weight excluding hydrogens is 485 g/mol. The zero-order valence-electron chi connectivity index (χ0n) is 21.5. The van der Waals surface area contributed by atoms with Crippen LogP contribution in [0, 0.1) is 5.82 Å². The Morgan fingerprint density at radius 1 is 1.00 bits per heavy atom. The number of hydrogen-bond acceptors (Lipinski definition) is 4. The van der Waals surface area contributed by atoms with Crippen molar-refractivity contribution in [2.45, 2.75) is 51.1 Å². The molecule has 2 aromatic carbocycles. The first-order valence-corrected chi connectivity index (χ1v) is 14.0. The topological polar surface area (TPSA) is 52.7 Å². The van der Waals surface area contributed by atoms with Crippen LogP contribution in [0.2, 0.25) is 0 Å². The van der Waals surface area contributed by atoms with Gasteiger partial charge in [-0.3, -0.25) is 9.59 Å². The Morgan fingerprint density at radius 2 is 1.76 bits per heavy atom. The second kappa shape index (κ2) is 13.0. The minimum Gasteiger partial charge on any atom is -0.354 e. The van der Waals surface area contributed by atoms with Gasteiger partial charge in [0, 0.05) is 37.5 Å². The summed E-state index contributed by atoms with van der Waals surface area (Å²) in [7, 11) is 0. The molecule has 7 heteroatoms. The van der Waals surface area contributed by atoms with Crippen LogP contribution in [0.25, 0.3) is 0 Å². The highest BCUT2D eigenvalue weighted by Gasteiger charge is 2.47. The number of benzene rings is 2. The number of halogens is 1. The normalized spacial score (nSPS) is 15.3. The summed E-state index contributed by atoms with van der Waals surface area (Å²) in [5.41, 5.74) is 1.24. The molecule has 1 fully saturated rings. The van der Waals surface area contributed by atoms with Crippen molar-refractivity contribution in [1.82, 2.24) is 15.1 Å². The van der Waals surface area contributed by atoms with E-state index in [2.05, 4.69) is 34.5 Å². The lowest BCUT2D eigenvalue weighted by molar-refractivity contribution is -0.152. The summed E-state index contributed by atoms with van der Waals surface area (Å²) in [5.74, 6) is -0.393. The van der Waals surface area contributed by atoms with Gasteiger partial charge in [0.25, 0.3) is 0 Å². The van der Waals surface area contributed by atoms with E-state index in [1.165, 1.54) is 17.7 Å². The molecule has 1 aliphatic heterocycles. The van der Waals surface area contributed by atoms with Crippen molar-refractivity contribution in [3.8, 4) is 0 Å². The number of carbonyl (C=O) groups is 2. The van der Waals surface area contributed by atoms with Gasteiger partial charge >= 0.3 is 0 Å². The van der Waals surface area contributed by atoms with Crippen LogP contribution in [0.1, 0.15) is 42.2 Å². The Hall–Kier alpha value is -3.03. The molecule has 1 aliphatic rings. The van der Waals surface area contributed by atoms with Gasteiger partial charge in [0.2, 0.25) is 11.8 Å². The van der Waals surface area contributed by atoms with E-state index in [0.29, 0.717) is 38.8 Å². The van der Waals surface area contributed by atoms with Gasteiger partial charge in [0.05, 0.1) is 6.54 Å². The van der Waals surface area contributed by atoms with Gasteiger partial charge in [0.15, 0.2) is 0 Å². The van der Waals surface area contributed by atoms with Crippen LogP contribution in [0.4, 0.5) is 4.39 Å². The van der Waals surface area contributed by atoms with Crippen LogP contribution in [0.3, 0.4) is 0 Å². The summed E-state index contributed by atoms with van der Waals surface area (Å²) in [6.07, 6.45) is 3.02. The Kier molecular flexibility index (Phi) is 9.47. The number of nitrogens with zero attached hydrogens (tertiary/aromatic N) is 2. The smallest absolute Gasteiger partial charge is 0.246 e. The zero-order chi connectivity index (χ0) is 26.1.